The molecule has 2 aromatic carbocycles. The fourth-order valence-electron chi connectivity index (χ4n) is 2.56. The molecule has 0 radical (unpaired) electrons. The lowest BCUT2D eigenvalue weighted by atomic mass is 10.1. The second-order valence-electron chi connectivity index (χ2n) is 5.67. The number of nitrogens with zero attached hydrogens (tertiary/aromatic N) is 1. The van der Waals surface area contributed by atoms with Crippen molar-refractivity contribution in [1.29, 1.82) is 0 Å². The summed E-state index contributed by atoms with van der Waals surface area (Å²) in [5, 5.41) is 8.39. The van der Waals surface area contributed by atoms with Crippen LogP contribution in [0.1, 0.15) is 12.5 Å². The Morgan fingerprint density at radius 2 is 1.86 bits per heavy atom. The zero-order valence-electron chi connectivity index (χ0n) is 15.0. The topological polar surface area (TPSA) is 93.1 Å². The Morgan fingerprint density at radius 1 is 1.11 bits per heavy atom. The first kappa shape index (κ1) is 19.5. The summed E-state index contributed by atoms with van der Waals surface area (Å²) in [4.78, 5) is 37.1. The molecule has 1 fully saturated rings. The first-order valence-corrected chi connectivity index (χ1v) is 9.25. The predicted molar refractivity (Wildman–Crippen MR) is 106 cm³/mol. The minimum atomic E-state index is -1.10. The van der Waals surface area contributed by atoms with E-state index in [0.29, 0.717) is 29.4 Å². The number of benzene rings is 2. The largest absolute Gasteiger partial charge is 0.490 e. The number of amides is 2. The van der Waals surface area contributed by atoms with Gasteiger partial charge in [0, 0.05) is 0 Å². The Bertz CT molecular complexity index is 941. The molecule has 0 aromatic heterocycles. The molecule has 0 atom stereocenters. The number of rotatable bonds is 7. The van der Waals surface area contributed by atoms with Gasteiger partial charge in [0.15, 0.2) is 18.1 Å². The van der Waals surface area contributed by atoms with Crippen LogP contribution in [0.25, 0.3) is 6.08 Å². The summed E-state index contributed by atoms with van der Waals surface area (Å²) >= 11 is 0.858. The van der Waals surface area contributed by atoms with E-state index in [0.717, 1.165) is 16.7 Å². The number of carboxylic acids is 1. The summed E-state index contributed by atoms with van der Waals surface area (Å²) < 4.78 is 10.7. The third-order valence-electron chi connectivity index (χ3n) is 3.72. The average Bonchev–Trinajstić information content (AvgIpc) is 2.95. The number of ether oxygens (including phenoxy) is 2. The van der Waals surface area contributed by atoms with E-state index in [1.165, 1.54) is 0 Å². The molecule has 0 bridgehead atoms. The molecular weight excluding hydrogens is 382 g/mol. The molecule has 1 N–H and O–H groups in total. The first-order valence-electron chi connectivity index (χ1n) is 8.44. The highest BCUT2D eigenvalue weighted by atomic mass is 32.2. The SMILES string of the molecule is CCOc1cc(C=C2SC(=O)N(c3ccccc3)C2=O)ccc1OCC(=O)O. The Kier molecular flexibility index (Phi) is 6.00. The van der Waals surface area contributed by atoms with Gasteiger partial charge < -0.3 is 14.6 Å². The molecule has 3 rings (SSSR count). The van der Waals surface area contributed by atoms with Gasteiger partial charge in [-0.2, -0.15) is 0 Å². The van der Waals surface area contributed by atoms with Gasteiger partial charge in [0.25, 0.3) is 11.1 Å². The number of anilines is 1. The second kappa shape index (κ2) is 8.62. The van der Waals surface area contributed by atoms with E-state index in [4.69, 9.17) is 14.6 Å². The van der Waals surface area contributed by atoms with Crippen LogP contribution in [0.15, 0.2) is 53.4 Å². The summed E-state index contributed by atoms with van der Waals surface area (Å²) in [5.74, 6) is -0.843. The molecule has 1 aliphatic heterocycles. The lowest BCUT2D eigenvalue weighted by molar-refractivity contribution is -0.139. The fraction of sp³-hybridized carbons (Fsp3) is 0.150. The maximum atomic E-state index is 12.7. The third kappa shape index (κ3) is 4.34. The molecule has 1 heterocycles. The van der Waals surface area contributed by atoms with E-state index < -0.39 is 18.5 Å². The summed E-state index contributed by atoms with van der Waals surface area (Å²) in [7, 11) is 0. The number of hydrogen-bond acceptors (Lipinski definition) is 6. The van der Waals surface area contributed by atoms with Crippen LogP contribution in [0.2, 0.25) is 0 Å². The maximum absolute atomic E-state index is 12.7. The molecule has 8 heteroatoms. The van der Waals surface area contributed by atoms with Crippen molar-refractivity contribution in [2.75, 3.05) is 18.1 Å². The molecule has 0 aliphatic carbocycles. The Balaban J connectivity index is 1.86. The third-order valence-corrected chi connectivity index (χ3v) is 4.59. The predicted octanol–water partition coefficient (Wildman–Crippen LogP) is 3.79. The van der Waals surface area contributed by atoms with Crippen LogP contribution in [-0.2, 0) is 9.59 Å². The van der Waals surface area contributed by atoms with Gasteiger partial charge in [0.1, 0.15) is 0 Å². The van der Waals surface area contributed by atoms with Crippen molar-refractivity contribution >= 4 is 40.6 Å². The van der Waals surface area contributed by atoms with E-state index >= 15 is 0 Å². The quantitative estimate of drug-likeness (QED) is 0.708. The molecule has 0 spiro atoms. The van der Waals surface area contributed by atoms with Crippen LogP contribution in [-0.4, -0.2) is 35.4 Å². The van der Waals surface area contributed by atoms with Crippen molar-refractivity contribution in [3.8, 4) is 11.5 Å². The van der Waals surface area contributed by atoms with Crippen LogP contribution in [0, 0.1) is 0 Å². The van der Waals surface area contributed by atoms with Crippen molar-refractivity contribution in [3.05, 3.63) is 59.0 Å². The summed E-state index contributed by atoms with van der Waals surface area (Å²) in [6, 6.07) is 13.6. The number of para-hydroxylation sites is 1. The van der Waals surface area contributed by atoms with Crippen LogP contribution < -0.4 is 14.4 Å². The lowest BCUT2D eigenvalue weighted by Gasteiger charge is -2.12. The molecule has 7 nitrogen and oxygen atoms in total. The number of carboxylic acid groups (broad SMARTS) is 1. The highest BCUT2D eigenvalue weighted by molar-refractivity contribution is 8.19. The van der Waals surface area contributed by atoms with Crippen LogP contribution in [0.5, 0.6) is 11.5 Å². The monoisotopic (exact) mass is 399 g/mol. The normalized spacial score (nSPS) is 15.2. The van der Waals surface area contributed by atoms with Crippen molar-refractivity contribution in [2.24, 2.45) is 0 Å². The van der Waals surface area contributed by atoms with Gasteiger partial charge in [-0.1, -0.05) is 24.3 Å². The van der Waals surface area contributed by atoms with Gasteiger partial charge in [0.2, 0.25) is 0 Å². The van der Waals surface area contributed by atoms with Gasteiger partial charge in [-0.05, 0) is 54.6 Å². The molecular formula is C20H17NO6S. The van der Waals surface area contributed by atoms with Gasteiger partial charge in [-0.3, -0.25) is 9.59 Å². The van der Waals surface area contributed by atoms with E-state index in [-0.39, 0.29) is 10.1 Å². The number of aliphatic carboxylic acids is 1. The van der Waals surface area contributed by atoms with E-state index in [1.807, 2.05) is 6.07 Å². The maximum Gasteiger partial charge on any atom is 0.341 e. The smallest absolute Gasteiger partial charge is 0.341 e. The van der Waals surface area contributed by atoms with E-state index in [2.05, 4.69) is 0 Å². The van der Waals surface area contributed by atoms with Gasteiger partial charge in [-0.15, -0.1) is 0 Å². The van der Waals surface area contributed by atoms with Crippen LogP contribution >= 0.6 is 11.8 Å². The van der Waals surface area contributed by atoms with Crippen molar-refractivity contribution in [3.63, 3.8) is 0 Å². The minimum absolute atomic E-state index is 0.288. The number of carbonyl (C=O) groups is 3. The molecule has 1 saturated heterocycles. The lowest BCUT2D eigenvalue weighted by Crippen LogP contribution is -2.27. The van der Waals surface area contributed by atoms with E-state index in [1.54, 1.807) is 55.5 Å². The molecule has 1 aliphatic rings. The highest BCUT2D eigenvalue weighted by Crippen LogP contribution is 2.37. The average molecular weight is 399 g/mol. The Labute approximate surface area is 165 Å². The fourth-order valence-corrected chi connectivity index (χ4v) is 3.40. The Morgan fingerprint density at radius 3 is 2.54 bits per heavy atom. The number of thioether (sulfide) groups is 1. The van der Waals surface area contributed by atoms with Gasteiger partial charge in [-0.25, -0.2) is 9.69 Å². The zero-order chi connectivity index (χ0) is 20.1. The molecule has 144 valence electrons. The van der Waals surface area contributed by atoms with Gasteiger partial charge in [0.05, 0.1) is 17.2 Å². The molecule has 2 aromatic rings. The van der Waals surface area contributed by atoms with Crippen LogP contribution in [0.3, 0.4) is 0 Å². The first-order chi connectivity index (χ1) is 13.5. The Hall–Kier alpha value is -3.26. The standard InChI is InChI=1S/C20H17NO6S/c1-2-26-16-10-13(8-9-15(16)27-12-18(22)23)11-17-19(24)21(20(25)28-17)14-6-4-3-5-7-14/h3-11H,2,12H2,1H3,(H,22,23). The molecule has 0 unspecified atom stereocenters. The van der Waals surface area contributed by atoms with Crippen LogP contribution in [0.4, 0.5) is 10.5 Å². The van der Waals surface area contributed by atoms with E-state index in [9.17, 15) is 14.4 Å². The van der Waals surface area contributed by atoms with Crippen molar-refractivity contribution < 1.29 is 29.0 Å². The number of carbonyl (C=O) groups excluding carboxylic acids is 2. The summed E-state index contributed by atoms with van der Waals surface area (Å²) in [6.07, 6.45) is 1.59. The molecule has 0 saturated carbocycles. The van der Waals surface area contributed by atoms with Gasteiger partial charge >= 0.3 is 5.97 Å². The minimum Gasteiger partial charge on any atom is -0.490 e. The summed E-state index contributed by atoms with van der Waals surface area (Å²) in [5.41, 5.74) is 1.14. The molecule has 2 amide bonds. The molecule has 28 heavy (non-hydrogen) atoms. The number of imide groups is 1. The van der Waals surface area contributed by atoms with Crippen molar-refractivity contribution in [1.82, 2.24) is 0 Å². The zero-order valence-corrected chi connectivity index (χ0v) is 15.8. The second-order valence-corrected chi connectivity index (χ2v) is 6.67. The summed E-state index contributed by atoms with van der Waals surface area (Å²) in [6.45, 7) is 1.66. The number of hydrogen-bond donors (Lipinski definition) is 1. The highest BCUT2D eigenvalue weighted by Gasteiger charge is 2.36. The van der Waals surface area contributed by atoms with Crippen molar-refractivity contribution in [2.45, 2.75) is 6.92 Å².